The minimum absolute atomic E-state index is 0.0154. The van der Waals surface area contributed by atoms with Crippen molar-refractivity contribution in [3.63, 3.8) is 0 Å². The van der Waals surface area contributed by atoms with Crippen molar-refractivity contribution in [3.05, 3.63) is 39.9 Å². The predicted octanol–water partition coefficient (Wildman–Crippen LogP) is 1.59. The average Bonchev–Trinajstić information content (AvgIpc) is 2.85. The van der Waals surface area contributed by atoms with Crippen LogP contribution in [0.3, 0.4) is 0 Å². The van der Waals surface area contributed by atoms with Crippen LogP contribution in [-0.2, 0) is 25.6 Å². The van der Waals surface area contributed by atoms with Gasteiger partial charge in [0.25, 0.3) is 0 Å². The van der Waals surface area contributed by atoms with Crippen molar-refractivity contribution in [2.45, 2.75) is 26.8 Å². The third-order valence-electron chi connectivity index (χ3n) is 4.55. The monoisotopic (exact) mass is 520 g/mol. The van der Waals surface area contributed by atoms with Gasteiger partial charge in [-0.15, -0.1) is 0 Å². The van der Waals surface area contributed by atoms with Crippen LogP contribution >= 0.6 is 0 Å². The molecule has 2 rings (SSSR count). The number of amides is 2. The molecule has 37 heavy (non-hydrogen) atoms. The normalized spacial score (nSPS) is 10.2. The molecular weight excluding hydrogens is 492 g/mol. The maximum absolute atomic E-state index is 12.9. The summed E-state index contributed by atoms with van der Waals surface area (Å²) < 4.78 is 20.4. The Bertz CT molecular complexity index is 1130. The Balaban J connectivity index is 2.38. The first-order valence-corrected chi connectivity index (χ1v) is 11.1. The van der Waals surface area contributed by atoms with E-state index >= 15 is 0 Å². The zero-order valence-electron chi connectivity index (χ0n) is 20.6. The van der Waals surface area contributed by atoms with Gasteiger partial charge in [0, 0.05) is 13.5 Å². The first-order chi connectivity index (χ1) is 17.7. The molecule has 2 amide bonds. The van der Waals surface area contributed by atoms with Gasteiger partial charge >= 0.3 is 23.8 Å². The number of nitrogen functional groups attached to an aromatic ring is 1. The molecule has 1 aromatic heterocycles. The molecule has 0 aliphatic heterocycles. The number of aromatic nitrogens is 2. The lowest BCUT2D eigenvalue weighted by atomic mass is 10.2. The molecule has 0 radical (unpaired) electrons. The number of anilines is 2. The minimum Gasteiger partial charge on any atom is -0.482 e. The van der Waals surface area contributed by atoms with E-state index in [-0.39, 0.29) is 38.3 Å². The minimum atomic E-state index is -0.929. The smallest absolute Gasteiger partial charge is 0.415 e. The van der Waals surface area contributed by atoms with Gasteiger partial charge in [-0.25, -0.2) is 9.59 Å². The molecule has 0 unspecified atom stereocenters. The van der Waals surface area contributed by atoms with Crippen LogP contribution in [-0.4, -0.2) is 66.3 Å². The molecule has 0 spiro atoms. The van der Waals surface area contributed by atoms with Gasteiger partial charge in [-0.1, -0.05) is 12.1 Å². The molecule has 0 fully saturated rings. The molecule has 2 aromatic rings. The molecule has 15 nitrogen and oxygen atoms in total. The van der Waals surface area contributed by atoms with Gasteiger partial charge in [0.2, 0.25) is 17.5 Å². The van der Waals surface area contributed by atoms with Crippen LogP contribution in [0.25, 0.3) is 0 Å². The zero-order chi connectivity index (χ0) is 27.4. The van der Waals surface area contributed by atoms with E-state index in [9.17, 15) is 24.5 Å². The second-order valence-electron chi connectivity index (χ2n) is 7.30. The highest BCUT2D eigenvalue weighted by Crippen LogP contribution is 2.34. The van der Waals surface area contributed by atoms with E-state index < -0.39 is 34.3 Å². The largest absolute Gasteiger partial charge is 0.482 e. The second kappa shape index (κ2) is 14.0. The summed E-state index contributed by atoms with van der Waals surface area (Å²) in [6.07, 6.45) is -0.532. The second-order valence-corrected chi connectivity index (χ2v) is 7.30. The number of nitrogens with one attached hydrogen (secondary N) is 1. The first-order valence-electron chi connectivity index (χ1n) is 11.1. The van der Waals surface area contributed by atoms with Crippen molar-refractivity contribution in [1.82, 2.24) is 15.3 Å². The Labute approximate surface area is 212 Å². The van der Waals surface area contributed by atoms with Crippen LogP contribution in [0.15, 0.2) is 24.3 Å². The van der Waals surface area contributed by atoms with Gasteiger partial charge in [-0.2, -0.15) is 9.97 Å². The van der Waals surface area contributed by atoms with Gasteiger partial charge in [-0.05, 0) is 31.0 Å². The predicted molar refractivity (Wildman–Crippen MR) is 129 cm³/mol. The lowest BCUT2D eigenvalue weighted by molar-refractivity contribution is -0.383. The summed E-state index contributed by atoms with van der Waals surface area (Å²) in [5, 5.41) is 14.4. The molecule has 0 bridgehead atoms. The Morgan fingerprint density at radius 1 is 1.22 bits per heavy atom. The zero-order valence-corrected chi connectivity index (χ0v) is 20.6. The molecule has 0 aliphatic rings. The number of nitrogens with two attached hydrogens (primary N) is 1. The number of carbonyl (C=O) groups excluding carboxylic acids is 3. The van der Waals surface area contributed by atoms with Gasteiger partial charge in [0.05, 0.1) is 31.8 Å². The summed E-state index contributed by atoms with van der Waals surface area (Å²) in [5.74, 6) is -1.45. The third kappa shape index (κ3) is 8.79. The van der Waals surface area contributed by atoms with Gasteiger partial charge in [0.1, 0.15) is 5.75 Å². The van der Waals surface area contributed by atoms with Gasteiger partial charge in [-0.3, -0.25) is 19.8 Å². The molecule has 0 saturated carbocycles. The average molecular weight is 520 g/mol. The number of methoxy groups -OCH3 is 1. The number of nitrogens with zero attached hydrogens (tertiary/aromatic N) is 4. The van der Waals surface area contributed by atoms with E-state index in [1.807, 2.05) is 0 Å². The van der Waals surface area contributed by atoms with E-state index in [1.54, 1.807) is 25.1 Å². The van der Waals surface area contributed by atoms with Gasteiger partial charge < -0.3 is 30.0 Å². The van der Waals surface area contributed by atoms with Crippen LogP contribution in [0.5, 0.6) is 11.8 Å². The fraction of sp³-hybridized carbons (Fsp3) is 0.409. The molecule has 1 aromatic carbocycles. The van der Waals surface area contributed by atoms with E-state index in [4.69, 9.17) is 19.9 Å². The summed E-state index contributed by atoms with van der Waals surface area (Å²) in [7, 11) is 1.22. The Kier molecular flexibility index (Phi) is 10.8. The maximum atomic E-state index is 12.9. The lowest BCUT2D eigenvalue weighted by Crippen LogP contribution is -2.33. The molecule has 200 valence electrons. The summed E-state index contributed by atoms with van der Waals surface area (Å²) in [6, 6.07) is 6.06. The maximum Gasteiger partial charge on any atom is 0.415 e. The van der Waals surface area contributed by atoms with E-state index in [1.165, 1.54) is 20.1 Å². The Hall–Kier alpha value is -4.69. The molecule has 0 saturated heterocycles. The highest BCUT2D eigenvalue weighted by Gasteiger charge is 2.32. The van der Waals surface area contributed by atoms with Crippen LogP contribution in [0, 0.1) is 10.1 Å². The SMILES string of the molecule is CCOC(=O)N(Cc1cccc(OCC(=O)OC)c1)c1nc(OCCCNC(C)=O)nc(N)c1[N+](=O)[O-]. The number of nitro groups is 1. The van der Waals surface area contributed by atoms with Crippen LogP contribution in [0.4, 0.5) is 22.1 Å². The lowest BCUT2D eigenvalue weighted by Gasteiger charge is -2.22. The number of hydrogen-bond donors (Lipinski definition) is 2. The highest BCUT2D eigenvalue weighted by atomic mass is 16.6. The van der Waals surface area contributed by atoms with Crippen LogP contribution in [0.1, 0.15) is 25.8 Å². The number of benzene rings is 1. The summed E-state index contributed by atoms with van der Waals surface area (Å²) in [6.45, 7) is 2.76. The molecule has 1 heterocycles. The standard InChI is InChI=1S/C22H28N6O9/c1-4-35-22(31)27(12-15-7-5-8-16(11-15)37-13-17(30)34-3)20-18(28(32)33)19(23)25-21(26-20)36-10-6-9-24-14(2)29/h5,7-8,11H,4,6,9-10,12-13H2,1-3H3,(H,24,29)(H2,23,25,26). The van der Waals surface area contributed by atoms with Crippen molar-refractivity contribution in [1.29, 1.82) is 0 Å². The molecular formula is C22H28N6O9. The summed E-state index contributed by atoms with van der Waals surface area (Å²) >= 11 is 0. The molecule has 0 atom stereocenters. The highest BCUT2D eigenvalue weighted by molar-refractivity contribution is 5.90. The Morgan fingerprint density at radius 2 is 1.97 bits per heavy atom. The van der Waals surface area contributed by atoms with Crippen molar-refractivity contribution in [2.24, 2.45) is 0 Å². The summed E-state index contributed by atoms with van der Waals surface area (Å²) in [4.78, 5) is 55.0. The van der Waals surface area contributed by atoms with E-state index in [2.05, 4.69) is 20.0 Å². The van der Waals surface area contributed by atoms with Crippen molar-refractivity contribution in [3.8, 4) is 11.8 Å². The van der Waals surface area contributed by atoms with Crippen molar-refractivity contribution in [2.75, 3.05) is 44.1 Å². The fourth-order valence-electron chi connectivity index (χ4n) is 2.91. The van der Waals surface area contributed by atoms with Crippen molar-refractivity contribution >= 4 is 35.3 Å². The molecule has 0 aliphatic carbocycles. The van der Waals surface area contributed by atoms with Crippen LogP contribution < -0.4 is 25.4 Å². The topological polar surface area (TPSA) is 198 Å². The number of rotatable bonds is 13. The van der Waals surface area contributed by atoms with Crippen molar-refractivity contribution < 1.29 is 38.3 Å². The number of hydrogen-bond acceptors (Lipinski definition) is 12. The molecule has 3 N–H and O–H groups in total. The number of esters is 1. The van der Waals surface area contributed by atoms with E-state index in [0.29, 0.717) is 24.3 Å². The quantitative estimate of drug-likeness (QED) is 0.167. The fourth-order valence-corrected chi connectivity index (χ4v) is 2.91. The first kappa shape index (κ1) is 28.5. The summed E-state index contributed by atoms with van der Waals surface area (Å²) in [5.41, 5.74) is 5.59. The third-order valence-corrected chi connectivity index (χ3v) is 4.55. The molecule has 15 heteroatoms. The number of ether oxygens (including phenoxy) is 4. The van der Waals surface area contributed by atoms with Gasteiger partial charge in [0.15, 0.2) is 6.61 Å². The Morgan fingerprint density at radius 3 is 2.62 bits per heavy atom. The number of carbonyl (C=O) groups is 3. The van der Waals surface area contributed by atoms with E-state index in [0.717, 1.165) is 4.90 Å². The van der Waals surface area contributed by atoms with Crippen LogP contribution in [0.2, 0.25) is 0 Å².